The van der Waals surface area contributed by atoms with E-state index in [1.807, 2.05) is 37.2 Å². The molecule has 4 aromatic rings. The molecule has 0 spiro atoms. The molecule has 2 saturated heterocycles. The van der Waals surface area contributed by atoms with E-state index in [2.05, 4.69) is 48.6 Å². The summed E-state index contributed by atoms with van der Waals surface area (Å²) in [5.41, 5.74) is -0.558. The summed E-state index contributed by atoms with van der Waals surface area (Å²) in [4.78, 5) is 26.7. The average molecular weight is 518 g/mol. The van der Waals surface area contributed by atoms with Crippen LogP contribution in [-0.2, 0) is 0 Å². The molecule has 0 amide bonds. The number of piperidine rings is 1. The maximum Gasteiger partial charge on any atom is 0.227 e. The summed E-state index contributed by atoms with van der Waals surface area (Å²) >= 11 is 0. The number of aromatic nitrogens is 6. The van der Waals surface area contributed by atoms with Crippen LogP contribution in [-0.4, -0.2) is 72.5 Å². The van der Waals surface area contributed by atoms with Gasteiger partial charge in [-0.3, -0.25) is 0 Å². The fourth-order valence-corrected chi connectivity index (χ4v) is 5.23. The number of fused-ring (bicyclic) bond motifs is 1. The van der Waals surface area contributed by atoms with Crippen LogP contribution in [0.4, 0.5) is 27.8 Å². The fourth-order valence-electron chi connectivity index (χ4n) is 5.23. The van der Waals surface area contributed by atoms with E-state index in [0.717, 1.165) is 35.2 Å². The highest BCUT2D eigenvalue weighted by Gasteiger charge is 2.39. The first kappa shape index (κ1) is 24.5. The zero-order chi connectivity index (χ0) is 26.4. The van der Waals surface area contributed by atoms with Crippen molar-refractivity contribution in [3.05, 3.63) is 55.0 Å². The van der Waals surface area contributed by atoms with Gasteiger partial charge < -0.3 is 24.8 Å². The van der Waals surface area contributed by atoms with E-state index in [0.29, 0.717) is 42.5 Å². The van der Waals surface area contributed by atoms with Crippen LogP contribution < -0.4 is 15.1 Å². The van der Waals surface area contributed by atoms with E-state index in [1.54, 1.807) is 17.2 Å². The van der Waals surface area contributed by atoms with Crippen molar-refractivity contribution >= 4 is 34.2 Å². The van der Waals surface area contributed by atoms with Crippen LogP contribution in [0, 0.1) is 0 Å². The van der Waals surface area contributed by atoms with Crippen molar-refractivity contribution in [2.24, 2.45) is 0 Å². The molecule has 0 radical (unpaired) electrons. The number of pyridine rings is 2. The molecule has 2 fully saturated rings. The summed E-state index contributed by atoms with van der Waals surface area (Å²) in [5.74, 6) is 2.88. The van der Waals surface area contributed by atoms with E-state index < -0.39 is 11.8 Å². The van der Waals surface area contributed by atoms with Gasteiger partial charge in [-0.25, -0.2) is 24.3 Å². The van der Waals surface area contributed by atoms with E-state index in [-0.39, 0.29) is 6.54 Å². The lowest BCUT2D eigenvalue weighted by atomic mass is 9.94. The summed E-state index contributed by atoms with van der Waals surface area (Å²) < 4.78 is 16.9. The molecule has 0 saturated carbocycles. The maximum atomic E-state index is 14.7. The molecule has 2 N–H and O–H groups in total. The van der Waals surface area contributed by atoms with Crippen molar-refractivity contribution in [1.82, 2.24) is 29.5 Å². The first-order chi connectivity index (χ1) is 18.3. The van der Waals surface area contributed by atoms with Crippen LogP contribution in [0.25, 0.3) is 10.8 Å². The normalized spacial score (nSPS) is 22.2. The Hall–Kier alpha value is -3.86. The number of hydrogen-bond acceptors (Lipinski definition) is 9. The van der Waals surface area contributed by atoms with E-state index in [9.17, 15) is 9.50 Å². The van der Waals surface area contributed by atoms with Crippen molar-refractivity contribution in [2.75, 3.05) is 41.3 Å². The minimum absolute atomic E-state index is 0.0393. The van der Waals surface area contributed by atoms with Gasteiger partial charge in [0.1, 0.15) is 17.5 Å². The number of nitrogens with one attached hydrogen (secondary N) is 1. The van der Waals surface area contributed by atoms with Gasteiger partial charge in [0.25, 0.3) is 0 Å². The molecular formula is C27H32FN9O. The standard InChI is InChI=1S/C27H32FN9O/c1-17(2)20-11-32-25(37-13-18(14-37)36-9-7-29-16-36)21-12-31-24(10-19(20)21)33-23-4-6-30-26(34-23)35-8-5-22(38)27(3,28)15-35/h4,6-7,9-12,16-18,22,38H,5,8,13-15H2,1-3H3,(H,30,31,33,34)/t22-,27+/m1/s1. The van der Waals surface area contributed by atoms with E-state index in [1.165, 1.54) is 6.92 Å². The zero-order valence-electron chi connectivity index (χ0n) is 21.8. The van der Waals surface area contributed by atoms with Crippen molar-refractivity contribution in [3.8, 4) is 0 Å². The third-order valence-electron chi connectivity index (χ3n) is 7.56. The maximum absolute atomic E-state index is 14.7. The molecule has 10 nitrogen and oxygen atoms in total. The number of halogens is 1. The number of aliphatic hydroxyl groups excluding tert-OH is 1. The molecule has 198 valence electrons. The summed E-state index contributed by atoms with van der Waals surface area (Å²) in [5, 5.41) is 15.4. The molecule has 38 heavy (non-hydrogen) atoms. The number of imidazole rings is 1. The lowest BCUT2D eigenvalue weighted by molar-refractivity contribution is -0.00860. The Morgan fingerprint density at radius 3 is 2.66 bits per heavy atom. The van der Waals surface area contributed by atoms with Crippen molar-refractivity contribution < 1.29 is 9.50 Å². The third-order valence-corrected chi connectivity index (χ3v) is 7.56. The summed E-state index contributed by atoms with van der Waals surface area (Å²) in [7, 11) is 0. The fraction of sp³-hybridized carbons (Fsp3) is 0.444. The molecule has 0 aromatic carbocycles. The summed E-state index contributed by atoms with van der Waals surface area (Å²) in [6.07, 6.45) is 10.5. The predicted octanol–water partition coefficient (Wildman–Crippen LogP) is 3.84. The van der Waals surface area contributed by atoms with Crippen LogP contribution in [0.15, 0.2) is 49.4 Å². The lowest BCUT2D eigenvalue weighted by Crippen LogP contribution is -2.52. The minimum Gasteiger partial charge on any atom is -0.390 e. The molecule has 2 atom stereocenters. The zero-order valence-corrected chi connectivity index (χ0v) is 21.8. The van der Waals surface area contributed by atoms with Gasteiger partial charge >= 0.3 is 0 Å². The van der Waals surface area contributed by atoms with E-state index >= 15 is 0 Å². The van der Waals surface area contributed by atoms with Crippen molar-refractivity contribution in [3.63, 3.8) is 0 Å². The van der Waals surface area contributed by atoms with Gasteiger partial charge in [0.2, 0.25) is 5.95 Å². The Morgan fingerprint density at radius 2 is 1.92 bits per heavy atom. The SMILES string of the molecule is CC(C)c1cnc(N2CC(n3ccnc3)C2)c2cnc(Nc3ccnc(N4CC[C@@H](O)[C@@](C)(F)C4)n3)cc12. The van der Waals surface area contributed by atoms with Gasteiger partial charge in [0.15, 0.2) is 5.67 Å². The molecule has 0 unspecified atom stereocenters. The summed E-state index contributed by atoms with van der Waals surface area (Å²) in [6.45, 7) is 8.00. The van der Waals surface area contributed by atoms with Gasteiger partial charge in [-0.2, -0.15) is 4.98 Å². The second-order valence-electron chi connectivity index (χ2n) is 10.7. The molecule has 0 aliphatic carbocycles. The van der Waals surface area contributed by atoms with Crippen molar-refractivity contribution in [2.45, 2.75) is 50.9 Å². The number of nitrogens with zero attached hydrogens (tertiary/aromatic N) is 8. The first-order valence-corrected chi connectivity index (χ1v) is 13.0. The van der Waals surface area contributed by atoms with Gasteiger partial charge in [-0.05, 0) is 42.3 Å². The van der Waals surface area contributed by atoms with Gasteiger partial charge in [0.05, 0.1) is 25.0 Å². The number of hydrogen-bond donors (Lipinski definition) is 2. The van der Waals surface area contributed by atoms with Crippen LogP contribution in [0.1, 0.15) is 44.7 Å². The Bertz CT molecular complexity index is 1440. The largest absolute Gasteiger partial charge is 0.390 e. The highest BCUT2D eigenvalue weighted by molar-refractivity contribution is 5.96. The van der Waals surface area contributed by atoms with Gasteiger partial charge in [-0.1, -0.05) is 13.8 Å². The van der Waals surface area contributed by atoms with Crippen LogP contribution in [0.2, 0.25) is 0 Å². The lowest BCUT2D eigenvalue weighted by Gasteiger charge is -2.41. The molecule has 6 heterocycles. The molecule has 0 bridgehead atoms. The summed E-state index contributed by atoms with van der Waals surface area (Å²) in [6, 6.07) is 4.19. The van der Waals surface area contributed by atoms with E-state index in [4.69, 9.17) is 4.98 Å². The molecule has 4 aromatic heterocycles. The number of alkyl halides is 1. The second kappa shape index (κ2) is 9.46. The van der Waals surface area contributed by atoms with Gasteiger partial charge in [0, 0.05) is 56.0 Å². The van der Waals surface area contributed by atoms with Crippen molar-refractivity contribution in [1.29, 1.82) is 0 Å². The monoisotopic (exact) mass is 517 g/mol. The quantitative estimate of drug-likeness (QED) is 0.394. The molecule has 2 aliphatic heterocycles. The molecule has 11 heteroatoms. The molecular weight excluding hydrogens is 485 g/mol. The highest BCUT2D eigenvalue weighted by atomic mass is 19.1. The number of rotatable bonds is 6. The van der Waals surface area contributed by atoms with Crippen LogP contribution >= 0.6 is 0 Å². The second-order valence-corrected chi connectivity index (χ2v) is 10.7. The Kier molecular flexibility index (Phi) is 6.10. The number of aliphatic hydroxyl groups is 1. The Morgan fingerprint density at radius 1 is 1.08 bits per heavy atom. The van der Waals surface area contributed by atoms with Crippen LogP contribution in [0.5, 0.6) is 0 Å². The first-order valence-electron chi connectivity index (χ1n) is 13.0. The smallest absolute Gasteiger partial charge is 0.227 e. The Balaban J connectivity index is 1.26. The average Bonchev–Trinajstić information content (AvgIpc) is 3.39. The number of anilines is 4. The minimum atomic E-state index is -1.71. The predicted molar refractivity (Wildman–Crippen MR) is 145 cm³/mol. The third kappa shape index (κ3) is 4.51. The van der Waals surface area contributed by atoms with Crippen LogP contribution in [0.3, 0.4) is 0 Å². The molecule has 2 aliphatic rings. The molecule has 6 rings (SSSR count). The highest BCUT2D eigenvalue weighted by Crippen LogP contribution is 2.36. The van der Waals surface area contributed by atoms with Gasteiger partial charge in [-0.15, -0.1) is 0 Å². The Labute approximate surface area is 220 Å². The topological polar surface area (TPSA) is 108 Å².